The Bertz CT molecular complexity index is 372. The quantitative estimate of drug-likeness (QED) is 0.807. The Hall–Kier alpha value is -0.810. The summed E-state index contributed by atoms with van der Waals surface area (Å²) in [6.45, 7) is 3.06. The van der Waals surface area contributed by atoms with Crippen LogP contribution in [0.25, 0.3) is 0 Å². The van der Waals surface area contributed by atoms with Gasteiger partial charge in [-0.1, -0.05) is 19.3 Å². The smallest absolute Gasteiger partial charge is 0.245 e. The van der Waals surface area contributed by atoms with E-state index >= 15 is 0 Å². The number of nitrogens with zero attached hydrogens (tertiary/aromatic N) is 1. The number of carbonyl (C=O) groups excluding carboxylic acids is 2. The number of carbonyl (C=O) groups is 2. The molecule has 2 amide bonds. The summed E-state index contributed by atoms with van der Waals surface area (Å²) in [6.07, 6.45) is 8.62. The molecule has 1 aliphatic heterocycles. The van der Waals surface area contributed by atoms with Crippen LogP contribution in [0.2, 0.25) is 0 Å². The van der Waals surface area contributed by atoms with Gasteiger partial charge in [-0.05, 0) is 38.5 Å². The first-order valence-corrected chi connectivity index (χ1v) is 8.41. The Labute approximate surface area is 139 Å². The van der Waals surface area contributed by atoms with Crippen LogP contribution < -0.4 is 11.1 Å². The third kappa shape index (κ3) is 5.13. The molecule has 2 unspecified atom stereocenters. The molecule has 0 aromatic rings. The summed E-state index contributed by atoms with van der Waals surface area (Å²) >= 11 is 0. The van der Waals surface area contributed by atoms with Gasteiger partial charge >= 0.3 is 0 Å². The van der Waals surface area contributed by atoms with E-state index in [0.717, 1.165) is 32.2 Å². The Balaban J connectivity index is 0.00000242. The van der Waals surface area contributed by atoms with E-state index in [2.05, 4.69) is 5.32 Å². The molecule has 0 spiro atoms. The maximum atomic E-state index is 12.4. The minimum atomic E-state index is -0.437. The first kappa shape index (κ1) is 19.2. The van der Waals surface area contributed by atoms with E-state index in [9.17, 15) is 9.59 Å². The van der Waals surface area contributed by atoms with E-state index in [0.29, 0.717) is 18.9 Å². The molecule has 2 fully saturated rings. The molecule has 2 atom stereocenters. The summed E-state index contributed by atoms with van der Waals surface area (Å²) in [5.41, 5.74) is 5.71. The maximum absolute atomic E-state index is 12.4. The molecule has 0 aromatic carbocycles. The lowest BCUT2D eigenvalue weighted by molar-refractivity contribution is -0.136. The largest absolute Gasteiger partial charge is 0.345 e. The number of likely N-dealkylation sites (tertiary alicyclic amines) is 1. The summed E-state index contributed by atoms with van der Waals surface area (Å²) in [5, 5.41) is 2.88. The summed E-state index contributed by atoms with van der Waals surface area (Å²) in [4.78, 5) is 26.3. The number of hydrogen-bond acceptors (Lipinski definition) is 3. The zero-order valence-electron chi connectivity index (χ0n) is 13.6. The molecule has 1 saturated carbocycles. The van der Waals surface area contributed by atoms with Crippen LogP contribution in [-0.2, 0) is 9.59 Å². The molecule has 128 valence electrons. The monoisotopic (exact) mass is 331 g/mol. The van der Waals surface area contributed by atoms with Crippen molar-refractivity contribution >= 4 is 24.2 Å². The second kappa shape index (κ2) is 9.36. The van der Waals surface area contributed by atoms with E-state index in [4.69, 9.17) is 5.73 Å². The van der Waals surface area contributed by atoms with Crippen LogP contribution in [0.15, 0.2) is 0 Å². The highest BCUT2D eigenvalue weighted by Crippen LogP contribution is 2.26. The summed E-state index contributed by atoms with van der Waals surface area (Å²) in [5.74, 6) is 0.538. The third-order valence-corrected chi connectivity index (χ3v) is 4.88. The van der Waals surface area contributed by atoms with E-state index in [1.165, 1.54) is 19.3 Å². The number of hydrogen-bond donors (Lipinski definition) is 2. The number of halogens is 1. The zero-order valence-corrected chi connectivity index (χ0v) is 14.4. The van der Waals surface area contributed by atoms with Crippen molar-refractivity contribution in [3.8, 4) is 0 Å². The number of nitrogens with two attached hydrogens (primary N) is 1. The van der Waals surface area contributed by atoms with Gasteiger partial charge in [-0.15, -0.1) is 12.4 Å². The number of rotatable bonds is 5. The van der Waals surface area contributed by atoms with Crippen LogP contribution in [0, 0.1) is 5.92 Å². The molecule has 1 heterocycles. The summed E-state index contributed by atoms with van der Waals surface area (Å²) < 4.78 is 0. The van der Waals surface area contributed by atoms with Crippen molar-refractivity contribution in [1.29, 1.82) is 0 Å². The average molecular weight is 332 g/mol. The van der Waals surface area contributed by atoms with Crippen LogP contribution in [0.5, 0.6) is 0 Å². The molecule has 2 rings (SSSR count). The summed E-state index contributed by atoms with van der Waals surface area (Å²) in [7, 11) is 0. The van der Waals surface area contributed by atoms with Crippen LogP contribution in [-0.4, -0.2) is 41.9 Å². The fourth-order valence-corrected chi connectivity index (χ4v) is 3.64. The van der Waals surface area contributed by atoms with Gasteiger partial charge in [-0.2, -0.15) is 0 Å². The average Bonchev–Trinajstić information content (AvgIpc) is 2.95. The van der Waals surface area contributed by atoms with Crippen LogP contribution >= 0.6 is 12.4 Å². The highest BCUT2D eigenvalue weighted by atomic mass is 35.5. The molecule has 5 nitrogen and oxygen atoms in total. The second-order valence-electron chi connectivity index (χ2n) is 6.56. The highest BCUT2D eigenvalue weighted by molar-refractivity contribution is 5.87. The normalized spacial score (nSPS) is 23.7. The lowest BCUT2D eigenvalue weighted by atomic mass is 9.87. The number of amides is 2. The maximum Gasteiger partial charge on any atom is 0.245 e. The van der Waals surface area contributed by atoms with Crippen molar-refractivity contribution in [2.24, 2.45) is 11.7 Å². The van der Waals surface area contributed by atoms with Crippen molar-refractivity contribution < 1.29 is 9.59 Å². The van der Waals surface area contributed by atoms with Crippen LogP contribution in [0.4, 0.5) is 0 Å². The molecule has 22 heavy (non-hydrogen) atoms. The lowest BCUT2D eigenvalue weighted by Crippen LogP contribution is -2.50. The minimum Gasteiger partial charge on any atom is -0.345 e. The molecule has 3 N–H and O–H groups in total. The molecule has 1 saturated heterocycles. The molecule has 1 aliphatic carbocycles. The Morgan fingerprint density at radius 1 is 1.18 bits per heavy atom. The molecule has 0 aromatic heterocycles. The van der Waals surface area contributed by atoms with Crippen molar-refractivity contribution in [3.05, 3.63) is 0 Å². The van der Waals surface area contributed by atoms with Gasteiger partial charge in [0.05, 0.1) is 0 Å². The molecule has 2 aliphatic rings. The zero-order chi connectivity index (χ0) is 15.2. The van der Waals surface area contributed by atoms with Gasteiger partial charge in [0, 0.05) is 25.6 Å². The Kier molecular flexibility index (Phi) is 8.18. The first-order chi connectivity index (χ1) is 10.1. The fourth-order valence-electron chi connectivity index (χ4n) is 3.64. The SMILES string of the molecule is CC(NC(=O)CC1CCCCC1)C(=O)N1CCCC1CN.Cl. The Morgan fingerprint density at radius 2 is 1.86 bits per heavy atom. The first-order valence-electron chi connectivity index (χ1n) is 8.41. The van der Waals surface area contributed by atoms with Gasteiger partial charge in [0.2, 0.25) is 11.8 Å². The van der Waals surface area contributed by atoms with Crippen molar-refractivity contribution in [1.82, 2.24) is 10.2 Å². The highest BCUT2D eigenvalue weighted by Gasteiger charge is 2.31. The predicted octanol–water partition coefficient (Wildman–Crippen LogP) is 1.83. The molecular weight excluding hydrogens is 302 g/mol. The molecule has 0 bridgehead atoms. The predicted molar refractivity (Wildman–Crippen MR) is 89.8 cm³/mol. The van der Waals surface area contributed by atoms with Gasteiger partial charge in [0.1, 0.15) is 6.04 Å². The van der Waals surface area contributed by atoms with Gasteiger partial charge < -0.3 is 16.0 Å². The van der Waals surface area contributed by atoms with Gasteiger partial charge in [-0.3, -0.25) is 9.59 Å². The van der Waals surface area contributed by atoms with Crippen LogP contribution in [0.3, 0.4) is 0 Å². The second-order valence-corrected chi connectivity index (χ2v) is 6.56. The summed E-state index contributed by atoms with van der Waals surface area (Å²) in [6, 6.07) is -0.288. The Morgan fingerprint density at radius 3 is 2.50 bits per heavy atom. The van der Waals surface area contributed by atoms with Gasteiger partial charge in [0.15, 0.2) is 0 Å². The number of nitrogens with one attached hydrogen (secondary N) is 1. The fraction of sp³-hybridized carbons (Fsp3) is 0.875. The topological polar surface area (TPSA) is 75.4 Å². The van der Waals surface area contributed by atoms with E-state index < -0.39 is 6.04 Å². The standard InChI is InChI=1S/C16H29N3O2.ClH/c1-12(16(21)19-9-5-8-14(19)11-17)18-15(20)10-13-6-3-2-4-7-13;/h12-14H,2-11,17H2,1H3,(H,18,20);1H. The van der Waals surface area contributed by atoms with Gasteiger partial charge in [-0.25, -0.2) is 0 Å². The van der Waals surface area contributed by atoms with E-state index in [1.54, 1.807) is 6.92 Å². The van der Waals surface area contributed by atoms with Gasteiger partial charge in [0.25, 0.3) is 0 Å². The van der Waals surface area contributed by atoms with Crippen molar-refractivity contribution in [3.63, 3.8) is 0 Å². The molecule has 0 radical (unpaired) electrons. The van der Waals surface area contributed by atoms with Crippen molar-refractivity contribution in [2.45, 2.75) is 70.4 Å². The molecular formula is C16H30ClN3O2. The molecule has 6 heteroatoms. The lowest BCUT2D eigenvalue weighted by Gasteiger charge is -2.27. The van der Waals surface area contributed by atoms with E-state index in [1.807, 2.05) is 4.90 Å². The van der Waals surface area contributed by atoms with Crippen molar-refractivity contribution in [2.75, 3.05) is 13.1 Å². The third-order valence-electron chi connectivity index (χ3n) is 4.88. The minimum absolute atomic E-state index is 0. The van der Waals surface area contributed by atoms with E-state index in [-0.39, 0.29) is 30.3 Å². The van der Waals surface area contributed by atoms with Crippen LogP contribution in [0.1, 0.15) is 58.3 Å².